The number of methoxy groups -OCH3 is 2. The van der Waals surface area contributed by atoms with Crippen molar-refractivity contribution in [1.82, 2.24) is 9.80 Å². The van der Waals surface area contributed by atoms with Crippen LogP contribution in [0.15, 0.2) is 41.0 Å². The molecule has 8 nitrogen and oxygen atoms in total. The highest BCUT2D eigenvalue weighted by Gasteiger charge is 2.33. The summed E-state index contributed by atoms with van der Waals surface area (Å²) in [5.74, 6) is 0.160. The zero-order valence-corrected chi connectivity index (χ0v) is 20.2. The molecule has 4 rings (SSSR count). The molecule has 2 aromatic carbocycles. The lowest BCUT2D eigenvalue weighted by Crippen LogP contribution is -2.58. The molecule has 1 aromatic heterocycles. The van der Waals surface area contributed by atoms with Gasteiger partial charge in [-0.05, 0) is 37.6 Å². The number of benzene rings is 2. The number of ether oxygens (including phenoxy) is 3. The molecule has 1 saturated heterocycles. The maximum Gasteiger partial charge on any atom is 0.260 e. The summed E-state index contributed by atoms with van der Waals surface area (Å²) in [6.45, 7) is 5.62. The summed E-state index contributed by atoms with van der Waals surface area (Å²) >= 11 is 0. The maximum atomic E-state index is 13.2. The van der Waals surface area contributed by atoms with E-state index in [1.165, 1.54) is 32.6 Å². The number of furan rings is 1. The van der Waals surface area contributed by atoms with Crippen LogP contribution in [0.25, 0.3) is 11.0 Å². The molecule has 0 bridgehead atoms. The minimum atomic E-state index is -0.276. The summed E-state index contributed by atoms with van der Waals surface area (Å²) in [6, 6.07) is 8.18. The molecule has 1 fully saturated rings. The van der Waals surface area contributed by atoms with Crippen LogP contribution in [0.5, 0.6) is 17.2 Å². The summed E-state index contributed by atoms with van der Waals surface area (Å²) in [5.41, 5.74) is 1.54. The predicted molar refractivity (Wildman–Crippen MR) is 128 cm³/mol. The molecule has 186 valence electrons. The highest BCUT2D eigenvalue weighted by molar-refractivity contribution is 6.01. The first-order valence-electron chi connectivity index (χ1n) is 11.4. The molecule has 0 spiro atoms. The van der Waals surface area contributed by atoms with Crippen molar-refractivity contribution in [3.05, 3.63) is 53.5 Å². The Morgan fingerprint density at radius 1 is 1.06 bits per heavy atom. The molecule has 9 heteroatoms. The largest absolute Gasteiger partial charge is 0.495 e. The quantitative estimate of drug-likeness (QED) is 0.449. The third kappa shape index (κ3) is 4.81. The van der Waals surface area contributed by atoms with Gasteiger partial charge in [0.2, 0.25) is 5.75 Å². The van der Waals surface area contributed by atoms with E-state index in [4.69, 9.17) is 18.6 Å². The van der Waals surface area contributed by atoms with Crippen LogP contribution in [-0.4, -0.2) is 68.0 Å². The zero-order chi connectivity index (χ0) is 25.1. The Bertz CT molecular complexity index is 1210. The van der Waals surface area contributed by atoms with Gasteiger partial charge in [0.15, 0.2) is 24.2 Å². The maximum absolute atomic E-state index is 13.2. The number of hydrogen-bond acceptors (Lipinski definition) is 7. The van der Waals surface area contributed by atoms with E-state index in [1.807, 2.05) is 6.92 Å². The van der Waals surface area contributed by atoms with Crippen LogP contribution in [0.3, 0.4) is 0 Å². The average molecular weight is 485 g/mol. The second kappa shape index (κ2) is 10.4. The standard InChI is InChI=1S/C26H29FN2O6/c1-16-12-29(17(2)11-28(16)13-18-5-7-19(27)8-6-18)22(31)15-35-25-21(14-30)23(32-3)20-9-10-34-24(20)26(25)33-4/h5-10,14,16-17H,11-13,15H2,1-4H3. The van der Waals surface area contributed by atoms with Gasteiger partial charge in [-0.3, -0.25) is 14.5 Å². The van der Waals surface area contributed by atoms with Crippen molar-refractivity contribution >= 4 is 23.2 Å². The van der Waals surface area contributed by atoms with Gasteiger partial charge in [0.25, 0.3) is 5.91 Å². The van der Waals surface area contributed by atoms with Crippen LogP contribution in [0.2, 0.25) is 0 Å². The van der Waals surface area contributed by atoms with Crippen LogP contribution < -0.4 is 14.2 Å². The highest BCUT2D eigenvalue weighted by Crippen LogP contribution is 2.45. The lowest BCUT2D eigenvalue weighted by Gasteiger charge is -2.44. The number of halogens is 1. The summed E-state index contributed by atoms with van der Waals surface area (Å²) in [6.07, 6.45) is 2.08. The summed E-state index contributed by atoms with van der Waals surface area (Å²) < 4.78 is 35.5. The third-order valence-corrected chi connectivity index (χ3v) is 6.41. The van der Waals surface area contributed by atoms with Crippen LogP contribution in [0, 0.1) is 5.82 Å². The molecule has 0 radical (unpaired) electrons. The Morgan fingerprint density at radius 3 is 2.43 bits per heavy atom. The number of aldehydes is 1. The fourth-order valence-electron chi connectivity index (χ4n) is 4.60. The van der Waals surface area contributed by atoms with Crippen LogP contribution >= 0.6 is 0 Å². The SMILES string of the molecule is COc1c(C=O)c(OCC(=O)N2CC(C)N(Cc3ccc(F)cc3)CC2C)c(OC)c2occc12. The number of carbonyl (C=O) groups excluding carboxylic acids is 2. The second-order valence-corrected chi connectivity index (χ2v) is 8.68. The smallest absolute Gasteiger partial charge is 0.260 e. The average Bonchev–Trinajstić information content (AvgIpc) is 3.34. The monoisotopic (exact) mass is 484 g/mol. The van der Waals surface area contributed by atoms with Crippen molar-refractivity contribution < 1.29 is 32.6 Å². The Morgan fingerprint density at radius 2 is 1.77 bits per heavy atom. The van der Waals surface area contributed by atoms with Gasteiger partial charge in [-0.25, -0.2) is 4.39 Å². The Labute approximate surface area is 203 Å². The zero-order valence-electron chi connectivity index (χ0n) is 20.2. The molecule has 2 atom stereocenters. The lowest BCUT2D eigenvalue weighted by molar-refractivity contribution is -0.139. The van der Waals surface area contributed by atoms with Gasteiger partial charge in [-0.15, -0.1) is 0 Å². The molecule has 1 aliphatic rings. The molecule has 1 amide bonds. The number of amides is 1. The molecule has 0 saturated carbocycles. The number of hydrogen-bond donors (Lipinski definition) is 0. The Kier molecular flexibility index (Phi) is 7.25. The predicted octanol–water partition coefficient (Wildman–Crippen LogP) is 3.90. The van der Waals surface area contributed by atoms with Gasteiger partial charge in [0.1, 0.15) is 17.1 Å². The van der Waals surface area contributed by atoms with Crippen molar-refractivity contribution in [3.63, 3.8) is 0 Å². The number of nitrogens with zero attached hydrogens (tertiary/aromatic N) is 2. The van der Waals surface area contributed by atoms with Gasteiger partial charge in [-0.2, -0.15) is 0 Å². The van der Waals surface area contributed by atoms with E-state index in [9.17, 15) is 14.0 Å². The van der Waals surface area contributed by atoms with Gasteiger partial charge >= 0.3 is 0 Å². The molecule has 35 heavy (non-hydrogen) atoms. The summed E-state index contributed by atoms with van der Waals surface area (Å²) in [7, 11) is 2.89. The molecular weight excluding hydrogens is 455 g/mol. The molecular formula is C26H29FN2O6. The normalized spacial score (nSPS) is 18.5. The molecule has 0 N–H and O–H groups in total. The van der Waals surface area contributed by atoms with Gasteiger partial charge in [0, 0.05) is 31.7 Å². The van der Waals surface area contributed by atoms with Crippen LogP contribution in [-0.2, 0) is 11.3 Å². The van der Waals surface area contributed by atoms with E-state index in [-0.39, 0.29) is 47.5 Å². The van der Waals surface area contributed by atoms with Crippen molar-refractivity contribution in [2.24, 2.45) is 0 Å². The first-order valence-corrected chi connectivity index (χ1v) is 11.4. The van der Waals surface area contributed by atoms with Crippen molar-refractivity contribution in [2.45, 2.75) is 32.5 Å². The van der Waals surface area contributed by atoms with E-state index in [1.54, 1.807) is 23.1 Å². The topological polar surface area (TPSA) is 81.5 Å². The van der Waals surface area contributed by atoms with Crippen molar-refractivity contribution in [1.29, 1.82) is 0 Å². The van der Waals surface area contributed by atoms with E-state index in [0.717, 1.165) is 5.56 Å². The Hall–Kier alpha value is -3.59. The lowest BCUT2D eigenvalue weighted by atomic mass is 10.1. The van der Waals surface area contributed by atoms with Gasteiger partial charge < -0.3 is 23.5 Å². The van der Waals surface area contributed by atoms with Crippen molar-refractivity contribution in [2.75, 3.05) is 33.9 Å². The second-order valence-electron chi connectivity index (χ2n) is 8.68. The minimum absolute atomic E-state index is 0.0581. The number of piperazine rings is 1. The molecule has 3 aromatic rings. The fraction of sp³-hybridized carbons (Fsp3) is 0.385. The van der Waals surface area contributed by atoms with Crippen LogP contribution in [0.1, 0.15) is 29.8 Å². The highest BCUT2D eigenvalue weighted by atomic mass is 19.1. The van der Waals surface area contributed by atoms with Gasteiger partial charge in [-0.1, -0.05) is 12.1 Å². The van der Waals surface area contributed by atoms with E-state index in [2.05, 4.69) is 11.8 Å². The number of carbonyl (C=O) groups is 2. The molecule has 2 heterocycles. The number of fused-ring (bicyclic) bond motifs is 1. The molecule has 0 aliphatic carbocycles. The van der Waals surface area contributed by atoms with Gasteiger partial charge in [0.05, 0.1) is 25.9 Å². The Balaban J connectivity index is 1.48. The fourth-order valence-corrected chi connectivity index (χ4v) is 4.60. The third-order valence-electron chi connectivity index (χ3n) is 6.41. The first kappa shape index (κ1) is 24.5. The van der Waals surface area contributed by atoms with E-state index < -0.39 is 0 Å². The number of rotatable bonds is 8. The van der Waals surface area contributed by atoms with E-state index >= 15 is 0 Å². The molecule has 1 aliphatic heterocycles. The summed E-state index contributed by atoms with van der Waals surface area (Å²) in [5, 5.41) is 0.574. The van der Waals surface area contributed by atoms with E-state index in [0.29, 0.717) is 42.6 Å². The summed E-state index contributed by atoms with van der Waals surface area (Å²) in [4.78, 5) is 29.1. The molecule has 2 unspecified atom stereocenters. The van der Waals surface area contributed by atoms with Crippen LogP contribution in [0.4, 0.5) is 4.39 Å². The first-order chi connectivity index (χ1) is 16.9. The minimum Gasteiger partial charge on any atom is -0.495 e. The van der Waals surface area contributed by atoms with Crippen molar-refractivity contribution in [3.8, 4) is 17.2 Å².